The molecule has 0 atom stereocenters. The van der Waals surface area contributed by atoms with E-state index in [1.54, 1.807) is 17.7 Å². The zero-order valence-electron chi connectivity index (χ0n) is 22.0. The van der Waals surface area contributed by atoms with E-state index in [-0.39, 0.29) is 5.04 Å². The van der Waals surface area contributed by atoms with Gasteiger partial charge in [0.15, 0.2) is 5.82 Å². The van der Waals surface area contributed by atoms with Crippen LogP contribution >= 0.6 is 11.3 Å². The van der Waals surface area contributed by atoms with Crippen LogP contribution in [0.25, 0.3) is 20.7 Å². The number of nitrogens with one attached hydrogen (secondary N) is 1. The highest BCUT2D eigenvalue weighted by atomic mass is 32.1. The molecule has 0 unspecified atom stereocenters. The first-order valence-electron chi connectivity index (χ1n) is 12.8. The second-order valence-electron chi connectivity index (χ2n) is 11.2. The van der Waals surface area contributed by atoms with Crippen LogP contribution in [-0.4, -0.2) is 36.3 Å². The number of hydrogen-bond acceptors (Lipinski definition) is 6. The molecule has 36 heavy (non-hydrogen) atoms. The average Bonchev–Trinajstić information content (AvgIpc) is 3.49. The Kier molecular flexibility index (Phi) is 6.90. The third kappa shape index (κ3) is 5.48. The minimum absolute atomic E-state index is 0.147. The summed E-state index contributed by atoms with van der Waals surface area (Å²) >= 11 is 1.74. The summed E-state index contributed by atoms with van der Waals surface area (Å²) in [6, 6.07) is 19.3. The van der Waals surface area contributed by atoms with Crippen LogP contribution in [0.5, 0.6) is 5.75 Å². The Bertz CT molecular complexity index is 1350. The zero-order valence-corrected chi connectivity index (χ0v) is 23.8. The maximum atomic E-state index is 6.52. The summed E-state index contributed by atoms with van der Waals surface area (Å²) in [6.45, 7) is 14.8. The number of nitrogens with zero attached hydrogens (tertiary/aromatic N) is 3. The van der Waals surface area contributed by atoms with Gasteiger partial charge >= 0.3 is 0 Å². The van der Waals surface area contributed by atoms with Crippen molar-refractivity contribution >= 4 is 41.4 Å². The topological polar surface area (TPSA) is 50.3 Å². The van der Waals surface area contributed by atoms with Crippen LogP contribution in [0.15, 0.2) is 60.9 Å². The summed E-state index contributed by atoms with van der Waals surface area (Å²) < 4.78 is 7.58. The van der Waals surface area contributed by atoms with Crippen LogP contribution in [0.3, 0.4) is 0 Å². The van der Waals surface area contributed by atoms with Crippen LogP contribution in [0.2, 0.25) is 18.1 Å². The fourth-order valence-corrected chi connectivity index (χ4v) is 6.40. The first-order valence-corrected chi connectivity index (χ1v) is 16.5. The van der Waals surface area contributed by atoms with Crippen molar-refractivity contribution in [3.05, 3.63) is 66.5 Å². The predicted molar refractivity (Wildman–Crippen MR) is 155 cm³/mol. The van der Waals surface area contributed by atoms with E-state index in [1.165, 1.54) is 41.9 Å². The lowest BCUT2D eigenvalue weighted by molar-refractivity contribution is 0.331. The molecule has 0 amide bonds. The number of thiophene rings is 1. The summed E-state index contributed by atoms with van der Waals surface area (Å²) in [5.74, 6) is 1.73. The summed E-state index contributed by atoms with van der Waals surface area (Å²) in [6.07, 6.45) is 4.27. The minimum Gasteiger partial charge on any atom is -0.543 e. The molecule has 4 aromatic rings. The van der Waals surface area contributed by atoms with Gasteiger partial charge in [-0.1, -0.05) is 45.0 Å². The summed E-state index contributed by atoms with van der Waals surface area (Å²) in [5.41, 5.74) is 4.54. The van der Waals surface area contributed by atoms with E-state index in [0.29, 0.717) is 0 Å². The molecule has 0 saturated carbocycles. The largest absolute Gasteiger partial charge is 0.543 e. The molecule has 1 fully saturated rings. The minimum atomic E-state index is -1.91. The molecule has 5 rings (SSSR count). The van der Waals surface area contributed by atoms with E-state index in [1.807, 2.05) is 12.1 Å². The van der Waals surface area contributed by atoms with Crippen molar-refractivity contribution in [3.8, 4) is 16.2 Å². The molecular formula is C29H36N4OSSi. The molecule has 0 bridgehead atoms. The summed E-state index contributed by atoms with van der Waals surface area (Å²) in [7, 11) is -1.91. The number of hydrogen-bond donors (Lipinski definition) is 1. The number of anilines is 2. The van der Waals surface area contributed by atoms with Gasteiger partial charge in [-0.3, -0.25) is 4.90 Å². The standard InChI is InChI=1S/C29H36N4OSSi/c1-29(2,3)36(4,5)34-24-13-9-12-23(17-24)32-28-27-25(30-20-31-28)18-26(35-27)22-11-8-10-21(16-22)19-33-14-6-7-15-33/h8-13,16-18,20H,6-7,14-15,19H2,1-5H3,(H,30,31,32). The Morgan fingerprint density at radius 3 is 2.56 bits per heavy atom. The molecular weight excluding hydrogens is 480 g/mol. The van der Waals surface area contributed by atoms with Crippen molar-refractivity contribution in [2.75, 3.05) is 18.4 Å². The van der Waals surface area contributed by atoms with E-state index in [2.05, 4.69) is 96.5 Å². The monoisotopic (exact) mass is 516 g/mol. The first kappa shape index (κ1) is 24.9. The normalized spacial score (nSPS) is 14.9. The van der Waals surface area contributed by atoms with Crippen molar-refractivity contribution in [2.24, 2.45) is 0 Å². The molecule has 2 aromatic carbocycles. The van der Waals surface area contributed by atoms with Gasteiger partial charge in [-0.15, -0.1) is 11.3 Å². The molecule has 188 valence electrons. The van der Waals surface area contributed by atoms with Gasteiger partial charge in [-0.25, -0.2) is 9.97 Å². The number of benzene rings is 2. The maximum Gasteiger partial charge on any atom is 0.250 e. The predicted octanol–water partition coefficient (Wildman–Crippen LogP) is 8.08. The van der Waals surface area contributed by atoms with Gasteiger partial charge in [0, 0.05) is 23.2 Å². The lowest BCUT2D eigenvalue weighted by Crippen LogP contribution is -2.43. The molecule has 1 N–H and O–H groups in total. The van der Waals surface area contributed by atoms with Gasteiger partial charge in [-0.05, 0) is 79.5 Å². The van der Waals surface area contributed by atoms with Crippen molar-refractivity contribution in [1.82, 2.24) is 14.9 Å². The summed E-state index contributed by atoms with van der Waals surface area (Å²) in [5, 5.41) is 3.67. The highest BCUT2D eigenvalue weighted by Crippen LogP contribution is 2.39. The smallest absolute Gasteiger partial charge is 0.250 e. The first-order chi connectivity index (χ1) is 17.2. The highest BCUT2D eigenvalue weighted by molar-refractivity contribution is 7.22. The SMILES string of the molecule is CC(C)(C)[Si](C)(C)Oc1cccc(Nc2ncnc3cc(-c4cccc(CN5CCCC5)c4)sc23)c1. The van der Waals surface area contributed by atoms with E-state index >= 15 is 0 Å². The van der Waals surface area contributed by atoms with Gasteiger partial charge in [0.2, 0.25) is 8.32 Å². The molecule has 0 aliphatic carbocycles. The second-order valence-corrected chi connectivity index (χ2v) is 17.0. The Balaban J connectivity index is 1.39. The van der Waals surface area contributed by atoms with Gasteiger partial charge in [-0.2, -0.15) is 0 Å². The van der Waals surface area contributed by atoms with Crippen LogP contribution in [0.4, 0.5) is 11.5 Å². The Hall–Kier alpha value is -2.74. The molecule has 3 heterocycles. The molecule has 1 saturated heterocycles. The highest BCUT2D eigenvalue weighted by Gasteiger charge is 2.39. The van der Waals surface area contributed by atoms with E-state index in [4.69, 9.17) is 4.43 Å². The van der Waals surface area contributed by atoms with Crippen molar-refractivity contribution in [2.45, 2.75) is 58.3 Å². The molecule has 0 radical (unpaired) electrons. The number of rotatable bonds is 7. The third-order valence-electron chi connectivity index (χ3n) is 7.40. The fourth-order valence-electron chi connectivity index (χ4n) is 4.33. The lowest BCUT2D eigenvalue weighted by Gasteiger charge is -2.36. The summed E-state index contributed by atoms with van der Waals surface area (Å²) in [4.78, 5) is 12.9. The number of aromatic nitrogens is 2. The van der Waals surface area contributed by atoms with Gasteiger partial charge in [0.25, 0.3) is 0 Å². The quantitative estimate of drug-likeness (QED) is 0.252. The zero-order chi connectivity index (χ0) is 25.3. The van der Waals surface area contributed by atoms with Crippen molar-refractivity contribution < 1.29 is 4.43 Å². The van der Waals surface area contributed by atoms with Gasteiger partial charge < -0.3 is 9.74 Å². The maximum absolute atomic E-state index is 6.52. The molecule has 1 aliphatic heterocycles. The van der Waals surface area contributed by atoms with Crippen LogP contribution in [0.1, 0.15) is 39.2 Å². The van der Waals surface area contributed by atoms with Crippen LogP contribution in [0, 0.1) is 0 Å². The van der Waals surface area contributed by atoms with Crippen molar-refractivity contribution in [1.29, 1.82) is 0 Å². The molecule has 5 nitrogen and oxygen atoms in total. The molecule has 7 heteroatoms. The Morgan fingerprint density at radius 1 is 1.00 bits per heavy atom. The molecule has 0 spiro atoms. The Morgan fingerprint density at radius 2 is 1.78 bits per heavy atom. The second kappa shape index (κ2) is 9.96. The van der Waals surface area contributed by atoms with Gasteiger partial charge in [0.1, 0.15) is 12.1 Å². The number of likely N-dealkylation sites (tertiary alicyclic amines) is 1. The van der Waals surface area contributed by atoms with Crippen LogP contribution < -0.4 is 9.74 Å². The van der Waals surface area contributed by atoms with E-state index in [0.717, 1.165) is 34.0 Å². The van der Waals surface area contributed by atoms with Crippen LogP contribution in [-0.2, 0) is 6.54 Å². The van der Waals surface area contributed by atoms with Crippen molar-refractivity contribution in [3.63, 3.8) is 0 Å². The molecule has 2 aromatic heterocycles. The molecule has 1 aliphatic rings. The Labute approximate surface area is 219 Å². The van der Waals surface area contributed by atoms with E-state index < -0.39 is 8.32 Å². The lowest BCUT2D eigenvalue weighted by atomic mass is 10.1. The van der Waals surface area contributed by atoms with Gasteiger partial charge in [0.05, 0.1) is 10.2 Å². The third-order valence-corrected chi connectivity index (χ3v) is 12.9. The van der Waals surface area contributed by atoms with E-state index in [9.17, 15) is 0 Å². The number of fused-ring (bicyclic) bond motifs is 1. The fraction of sp³-hybridized carbons (Fsp3) is 0.379. The average molecular weight is 517 g/mol.